The third-order valence-corrected chi connectivity index (χ3v) is 2.65. The van der Waals surface area contributed by atoms with Gasteiger partial charge in [-0.05, 0) is 12.5 Å². The second-order valence-corrected chi connectivity index (χ2v) is 3.72. The van der Waals surface area contributed by atoms with Crippen LogP contribution >= 0.6 is 11.6 Å². The highest BCUT2D eigenvalue weighted by atomic mass is 35.5. The topological polar surface area (TPSA) is 42.9 Å². The number of rotatable bonds is 2. The van der Waals surface area contributed by atoms with Gasteiger partial charge in [0.25, 0.3) is 0 Å². The van der Waals surface area contributed by atoms with Crippen LogP contribution in [-0.4, -0.2) is 16.3 Å². The highest BCUT2D eigenvalue weighted by molar-refractivity contribution is 6.32. The van der Waals surface area contributed by atoms with E-state index in [2.05, 4.69) is 9.97 Å². The molecule has 2 aromatic rings. The van der Waals surface area contributed by atoms with Gasteiger partial charge in [0.1, 0.15) is 11.5 Å². The van der Waals surface area contributed by atoms with Crippen LogP contribution in [0.25, 0.3) is 11.3 Å². The Morgan fingerprint density at radius 3 is 2.69 bits per heavy atom. The summed E-state index contributed by atoms with van der Waals surface area (Å²) in [6.45, 7) is 1.96. The van der Waals surface area contributed by atoms with E-state index in [1.165, 1.54) is 6.33 Å². The van der Waals surface area contributed by atoms with Crippen molar-refractivity contribution in [2.75, 3.05) is 0 Å². The fourth-order valence-electron chi connectivity index (χ4n) is 1.53. The zero-order chi connectivity index (χ0) is 11.5. The zero-order valence-electron chi connectivity index (χ0n) is 8.64. The maximum Gasteiger partial charge on any atom is 0.155 e. The summed E-state index contributed by atoms with van der Waals surface area (Å²) in [5.41, 5.74) is 2.85. The van der Waals surface area contributed by atoms with Gasteiger partial charge in [-0.3, -0.25) is 4.79 Å². The van der Waals surface area contributed by atoms with Gasteiger partial charge in [0, 0.05) is 5.56 Å². The van der Waals surface area contributed by atoms with Gasteiger partial charge in [0.15, 0.2) is 6.29 Å². The number of hydrogen-bond donors (Lipinski definition) is 0. The lowest BCUT2D eigenvalue weighted by Crippen LogP contribution is -1.96. The molecular weight excluding hydrogens is 224 g/mol. The van der Waals surface area contributed by atoms with Gasteiger partial charge in [-0.15, -0.1) is 0 Å². The molecule has 0 unspecified atom stereocenters. The van der Waals surface area contributed by atoms with E-state index in [9.17, 15) is 4.79 Å². The van der Waals surface area contributed by atoms with Gasteiger partial charge in [-0.1, -0.05) is 35.9 Å². The maximum absolute atomic E-state index is 11.0. The van der Waals surface area contributed by atoms with Crippen LogP contribution in [0.2, 0.25) is 5.15 Å². The molecule has 0 bridgehead atoms. The summed E-state index contributed by atoms with van der Waals surface area (Å²) in [5.74, 6) is 0. The third kappa shape index (κ3) is 1.82. The smallest absolute Gasteiger partial charge is 0.155 e. The Kier molecular flexibility index (Phi) is 2.97. The summed E-state index contributed by atoms with van der Waals surface area (Å²) in [4.78, 5) is 18.9. The quantitative estimate of drug-likeness (QED) is 0.591. The van der Waals surface area contributed by atoms with Crippen LogP contribution in [0.15, 0.2) is 30.6 Å². The average molecular weight is 233 g/mol. The second kappa shape index (κ2) is 4.41. The van der Waals surface area contributed by atoms with Gasteiger partial charge < -0.3 is 0 Å². The number of nitrogens with zero attached hydrogens (tertiary/aromatic N) is 2. The van der Waals surface area contributed by atoms with Crippen LogP contribution in [-0.2, 0) is 0 Å². The van der Waals surface area contributed by atoms with E-state index in [0.29, 0.717) is 17.5 Å². The van der Waals surface area contributed by atoms with Gasteiger partial charge in [0.05, 0.1) is 11.3 Å². The molecule has 1 aromatic heterocycles. The minimum Gasteiger partial charge on any atom is -0.298 e. The molecule has 3 nitrogen and oxygen atoms in total. The molecule has 0 amide bonds. The van der Waals surface area contributed by atoms with Crippen molar-refractivity contribution >= 4 is 17.9 Å². The molecule has 0 radical (unpaired) electrons. The van der Waals surface area contributed by atoms with Crippen molar-refractivity contribution in [3.8, 4) is 11.3 Å². The summed E-state index contributed by atoms with van der Waals surface area (Å²) in [5, 5.41) is 0.184. The molecule has 0 atom stereocenters. The Bertz CT molecular complexity index is 540. The Balaban J connectivity index is 2.69. The Morgan fingerprint density at radius 1 is 1.25 bits per heavy atom. The number of aryl methyl sites for hydroxylation is 1. The number of aromatic nitrogens is 2. The SMILES string of the molecule is Cc1ccccc1-c1ncnc(Cl)c1C=O. The number of halogens is 1. The van der Waals surface area contributed by atoms with Crippen LogP contribution < -0.4 is 0 Å². The first kappa shape index (κ1) is 10.8. The van der Waals surface area contributed by atoms with Gasteiger partial charge in [-0.25, -0.2) is 9.97 Å². The molecule has 4 heteroatoms. The molecule has 1 aromatic carbocycles. The predicted octanol–water partition coefficient (Wildman–Crippen LogP) is 2.92. The summed E-state index contributed by atoms with van der Waals surface area (Å²) < 4.78 is 0. The van der Waals surface area contributed by atoms with Gasteiger partial charge >= 0.3 is 0 Å². The summed E-state index contributed by atoms with van der Waals surface area (Å²) >= 11 is 5.85. The number of hydrogen-bond acceptors (Lipinski definition) is 3. The van der Waals surface area contributed by atoms with Crippen LogP contribution in [0.5, 0.6) is 0 Å². The third-order valence-electron chi connectivity index (χ3n) is 2.35. The molecule has 80 valence electrons. The lowest BCUT2D eigenvalue weighted by molar-refractivity contribution is 0.112. The number of benzene rings is 1. The number of carbonyl (C=O) groups excluding carboxylic acids is 1. The molecule has 0 N–H and O–H groups in total. The van der Waals surface area contributed by atoms with Crippen molar-refractivity contribution in [3.63, 3.8) is 0 Å². The summed E-state index contributed by atoms with van der Waals surface area (Å²) in [7, 11) is 0. The van der Waals surface area contributed by atoms with Gasteiger partial charge in [0.2, 0.25) is 0 Å². The largest absolute Gasteiger partial charge is 0.298 e. The van der Waals surface area contributed by atoms with Crippen LogP contribution in [0, 0.1) is 6.92 Å². The Labute approximate surface area is 98.1 Å². The molecule has 2 rings (SSSR count). The zero-order valence-corrected chi connectivity index (χ0v) is 9.40. The van der Waals surface area contributed by atoms with E-state index in [4.69, 9.17) is 11.6 Å². The summed E-state index contributed by atoms with van der Waals surface area (Å²) in [6, 6.07) is 7.69. The second-order valence-electron chi connectivity index (χ2n) is 3.36. The van der Waals surface area contributed by atoms with Crippen LogP contribution in [0.1, 0.15) is 15.9 Å². The van der Waals surface area contributed by atoms with Crippen molar-refractivity contribution in [1.29, 1.82) is 0 Å². The highest BCUT2D eigenvalue weighted by Crippen LogP contribution is 2.26. The fraction of sp³-hybridized carbons (Fsp3) is 0.0833. The van der Waals surface area contributed by atoms with Crippen molar-refractivity contribution < 1.29 is 4.79 Å². The first-order valence-corrected chi connectivity index (χ1v) is 5.13. The molecule has 0 spiro atoms. The molecule has 0 fully saturated rings. The highest BCUT2D eigenvalue weighted by Gasteiger charge is 2.12. The van der Waals surface area contributed by atoms with E-state index in [-0.39, 0.29) is 5.15 Å². The minimum absolute atomic E-state index is 0.184. The van der Waals surface area contributed by atoms with Crippen LogP contribution in [0.4, 0.5) is 0 Å². The first-order valence-electron chi connectivity index (χ1n) is 4.75. The van der Waals surface area contributed by atoms with Crippen LogP contribution in [0.3, 0.4) is 0 Å². The fourth-order valence-corrected chi connectivity index (χ4v) is 1.71. The number of aldehydes is 1. The molecular formula is C12H9ClN2O. The average Bonchev–Trinajstić information content (AvgIpc) is 2.29. The van der Waals surface area contributed by atoms with E-state index < -0.39 is 0 Å². The standard InChI is InChI=1S/C12H9ClN2O/c1-8-4-2-3-5-9(8)11-10(6-16)12(13)15-7-14-11/h2-7H,1H3. The lowest BCUT2D eigenvalue weighted by atomic mass is 10.0. The van der Waals surface area contributed by atoms with E-state index >= 15 is 0 Å². The van der Waals surface area contributed by atoms with E-state index in [0.717, 1.165) is 11.1 Å². The molecule has 0 saturated carbocycles. The molecule has 0 aliphatic rings. The maximum atomic E-state index is 11.0. The van der Waals surface area contributed by atoms with Crippen molar-refractivity contribution in [1.82, 2.24) is 9.97 Å². The van der Waals surface area contributed by atoms with E-state index in [1.54, 1.807) is 0 Å². The molecule has 1 heterocycles. The molecule has 16 heavy (non-hydrogen) atoms. The molecule has 0 aliphatic heterocycles. The van der Waals surface area contributed by atoms with Crippen molar-refractivity contribution in [3.05, 3.63) is 46.9 Å². The van der Waals surface area contributed by atoms with Crippen molar-refractivity contribution in [2.24, 2.45) is 0 Å². The van der Waals surface area contributed by atoms with E-state index in [1.807, 2.05) is 31.2 Å². The lowest BCUT2D eigenvalue weighted by Gasteiger charge is -2.07. The summed E-state index contributed by atoms with van der Waals surface area (Å²) in [6.07, 6.45) is 2.04. The normalized spacial score (nSPS) is 10.1. The molecule has 0 aliphatic carbocycles. The van der Waals surface area contributed by atoms with Gasteiger partial charge in [-0.2, -0.15) is 0 Å². The monoisotopic (exact) mass is 232 g/mol. The Hall–Kier alpha value is -1.74. The molecule has 0 saturated heterocycles. The predicted molar refractivity (Wildman–Crippen MR) is 62.6 cm³/mol. The Morgan fingerprint density at radius 2 is 2.00 bits per heavy atom. The van der Waals surface area contributed by atoms with Crippen molar-refractivity contribution in [2.45, 2.75) is 6.92 Å². The first-order chi connectivity index (χ1) is 7.74. The number of carbonyl (C=O) groups is 1. The minimum atomic E-state index is 0.184.